The van der Waals surface area contributed by atoms with Crippen molar-refractivity contribution in [2.45, 2.75) is 20.8 Å². The Morgan fingerprint density at radius 3 is 2.62 bits per heavy atom. The van der Waals surface area contributed by atoms with Crippen LogP contribution in [0.15, 0.2) is 35.8 Å². The van der Waals surface area contributed by atoms with Gasteiger partial charge in [0.15, 0.2) is 23.2 Å². The number of thiazole rings is 1. The van der Waals surface area contributed by atoms with Crippen LogP contribution in [0, 0.1) is 13.8 Å². The van der Waals surface area contributed by atoms with Gasteiger partial charge in [0.2, 0.25) is 5.78 Å². The topological polar surface area (TPSA) is 79.7 Å². The fourth-order valence-electron chi connectivity index (χ4n) is 3.03. The molecule has 0 radical (unpaired) electrons. The molecule has 7 nitrogen and oxygen atoms in total. The van der Waals surface area contributed by atoms with Crippen LogP contribution in [0.2, 0.25) is 0 Å². The van der Waals surface area contributed by atoms with E-state index in [0.29, 0.717) is 23.7 Å². The van der Waals surface area contributed by atoms with E-state index in [1.54, 1.807) is 30.5 Å². The number of carbonyl (C=O) groups is 2. The summed E-state index contributed by atoms with van der Waals surface area (Å²) >= 11 is 1.49. The fourth-order valence-corrected chi connectivity index (χ4v) is 3.78. The maximum Gasteiger partial charge on any atom is 0.338 e. The van der Waals surface area contributed by atoms with E-state index in [9.17, 15) is 9.59 Å². The van der Waals surface area contributed by atoms with Crippen LogP contribution >= 0.6 is 11.3 Å². The molecule has 3 rings (SSSR count). The Balaban J connectivity index is 1.72. The third kappa shape index (κ3) is 4.32. The second-order valence-corrected chi connectivity index (χ2v) is 7.11. The van der Waals surface area contributed by atoms with Crippen LogP contribution in [0.3, 0.4) is 0 Å². The zero-order chi connectivity index (χ0) is 21.0. The molecule has 152 valence electrons. The highest BCUT2D eigenvalue weighted by Crippen LogP contribution is 2.28. The number of ether oxygens (including phenoxy) is 3. The Morgan fingerprint density at radius 1 is 1.17 bits per heavy atom. The normalized spacial score (nSPS) is 10.6. The lowest BCUT2D eigenvalue weighted by atomic mass is 10.1. The molecule has 0 bridgehead atoms. The highest BCUT2D eigenvalue weighted by atomic mass is 32.1. The van der Waals surface area contributed by atoms with E-state index in [1.807, 2.05) is 30.7 Å². The summed E-state index contributed by atoms with van der Waals surface area (Å²) in [5, 5.41) is 2.67. The molecule has 0 N–H and O–H groups in total. The van der Waals surface area contributed by atoms with Crippen molar-refractivity contribution < 1.29 is 23.8 Å². The molecule has 2 heterocycles. The zero-order valence-electron chi connectivity index (χ0n) is 16.7. The maximum absolute atomic E-state index is 12.7. The number of nitrogens with zero attached hydrogens (tertiary/aromatic N) is 2. The predicted octanol–water partition coefficient (Wildman–Crippen LogP) is 4.00. The summed E-state index contributed by atoms with van der Waals surface area (Å²) < 4.78 is 17.8. The van der Waals surface area contributed by atoms with Gasteiger partial charge in [-0.3, -0.25) is 9.36 Å². The van der Waals surface area contributed by atoms with E-state index in [-0.39, 0.29) is 18.0 Å². The summed E-state index contributed by atoms with van der Waals surface area (Å²) in [5.74, 6) is 0.0976. The number of aromatic nitrogens is 2. The van der Waals surface area contributed by atoms with Crippen molar-refractivity contribution >= 4 is 23.1 Å². The number of benzene rings is 1. The first-order valence-electron chi connectivity index (χ1n) is 9.06. The van der Waals surface area contributed by atoms with Crippen molar-refractivity contribution in [3.63, 3.8) is 0 Å². The molecule has 3 aromatic rings. The molecule has 2 aromatic heterocycles. The number of hydrogen-bond acceptors (Lipinski definition) is 7. The standard InChI is InChI=1S/C21H22N2O5S/c1-5-27-19-11-15(6-7-18(19)26-4)20(25)28-12-17(24)16-10-13(2)23(14(16)3)21-22-8-9-29-21/h6-11H,5,12H2,1-4H3. The van der Waals surface area contributed by atoms with Gasteiger partial charge in [0, 0.05) is 28.5 Å². The van der Waals surface area contributed by atoms with E-state index in [1.165, 1.54) is 18.4 Å². The van der Waals surface area contributed by atoms with Crippen molar-refractivity contribution in [2.24, 2.45) is 0 Å². The third-order valence-electron chi connectivity index (χ3n) is 4.38. The monoisotopic (exact) mass is 414 g/mol. The molecule has 0 fully saturated rings. The molecule has 0 saturated carbocycles. The van der Waals surface area contributed by atoms with Gasteiger partial charge >= 0.3 is 5.97 Å². The van der Waals surface area contributed by atoms with Crippen molar-refractivity contribution in [1.29, 1.82) is 0 Å². The second-order valence-electron chi connectivity index (χ2n) is 6.23. The first kappa shape index (κ1) is 20.6. The van der Waals surface area contributed by atoms with Gasteiger partial charge in [0.1, 0.15) is 0 Å². The summed E-state index contributed by atoms with van der Waals surface area (Å²) in [7, 11) is 1.52. The van der Waals surface area contributed by atoms with E-state index in [2.05, 4.69) is 4.98 Å². The highest BCUT2D eigenvalue weighted by Gasteiger charge is 2.20. The molecule has 0 amide bonds. The number of carbonyl (C=O) groups excluding carboxylic acids is 2. The van der Waals surface area contributed by atoms with Crippen LogP contribution in [0.5, 0.6) is 11.5 Å². The van der Waals surface area contributed by atoms with Gasteiger partial charge in [-0.15, -0.1) is 11.3 Å². The lowest BCUT2D eigenvalue weighted by Gasteiger charge is -2.11. The number of ketones is 1. The minimum absolute atomic E-state index is 0.271. The summed E-state index contributed by atoms with van der Waals surface area (Å²) in [6, 6.07) is 6.53. The molecule has 0 unspecified atom stereocenters. The van der Waals surface area contributed by atoms with Gasteiger partial charge in [-0.1, -0.05) is 0 Å². The van der Waals surface area contributed by atoms with Crippen LogP contribution < -0.4 is 9.47 Å². The molecule has 0 saturated heterocycles. The van der Waals surface area contributed by atoms with Crippen molar-refractivity contribution in [2.75, 3.05) is 20.3 Å². The minimum atomic E-state index is -0.601. The average Bonchev–Trinajstić information content (AvgIpc) is 3.33. The molecule has 0 spiro atoms. The van der Waals surface area contributed by atoms with Crippen molar-refractivity contribution in [3.05, 3.63) is 58.4 Å². The largest absolute Gasteiger partial charge is 0.493 e. The SMILES string of the molecule is CCOc1cc(C(=O)OCC(=O)c2cc(C)n(-c3nccs3)c2C)ccc1OC. The lowest BCUT2D eigenvalue weighted by molar-refractivity contribution is 0.0474. The van der Waals surface area contributed by atoms with Gasteiger partial charge in [-0.2, -0.15) is 0 Å². The fraction of sp³-hybridized carbons (Fsp3) is 0.286. The smallest absolute Gasteiger partial charge is 0.338 e. The number of esters is 1. The van der Waals surface area contributed by atoms with Crippen LogP contribution in [-0.4, -0.2) is 41.6 Å². The Kier molecular flexibility index (Phi) is 6.33. The Hall–Kier alpha value is -3.13. The van der Waals surface area contributed by atoms with Gasteiger partial charge in [0.25, 0.3) is 0 Å². The molecule has 0 aliphatic heterocycles. The van der Waals surface area contributed by atoms with E-state index >= 15 is 0 Å². The summed E-state index contributed by atoms with van der Waals surface area (Å²) in [6.45, 7) is 5.68. The van der Waals surface area contributed by atoms with E-state index < -0.39 is 5.97 Å². The molecule has 1 aromatic carbocycles. The molecular weight excluding hydrogens is 392 g/mol. The maximum atomic E-state index is 12.7. The number of methoxy groups -OCH3 is 1. The molecular formula is C21H22N2O5S. The summed E-state index contributed by atoms with van der Waals surface area (Å²) in [4.78, 5) is 29.3. The quantitative estimate of drug-likeness (QED) is 0.409. The average molecular weight is 414 g/mol. The van der Waals surface area contributed by atoms with Crippen LogP contribution in [0.25, 0.3) is 5.13 Å². The zero-order valence-corrected chi connectivity index (χ0v) is 17.5. The number of rotatable bonds is 8. The first-order valence-corrected chi connectivity index (χ1v) is 9.94. The summed E-state index contributed by atoms with van der Waals surface area (Å²) in [6.07, 6.45) is 1.72. The van der Waals surface area contributed by atoms with Gasteiger partial charge in [-0.05, 0) is 45.0 Å². The molecule has 29 heavy (non-hydrogen) atoms. The highest BCUT2D eigenvalue weighted by molar-refractivity contribution is 7.12. The van der Waals surface area contributed by atoms with E-state index in [0.717, 1.165) is 16.5 Å². The van der Waals surface area contributed by atoms with Crippen LogP contribution in [0.4, 0.5) is 0 Å². The Morgan fingerprint density at radius 2 is 1.97 bits per heavy atom. The second kappa shape index (κ2) is 8.91. The molecule has 8 heteroatoms. The molecule has 0 aliphatic rings. The molecule has 0 aliphatic carbocycles. The van der Waals surface area contributed by atoms with Gasteiger partial charge < -0.3 is 14.2 Å². The number of aryl methyl sites for hydroxylation is 1. The van der Waals surface area contributed by atoms with Gasteiger partial charge in [0.05, 0.1) is 19.3 Å². The van der Waals surface area contributed by atoms with Crippen LogP contribution in [-0.2, 0) is 4.74 Å². The summed E-state index contributed by atoms with van der Waals surface area (Å²) in [5.41, 5.74) is 2.45. The molecule has 0 atom stereocenters. The predicted molar refractivity (Wildman–Crippen MR) is 110 cm³/mol. The van der Waals surface area contributed by atoms with Crippen molar-refractivity contribution in [1.82, 2.24) is 9.55 Å². The number of Topliss-reactive ketones (excluding diaryl/α,β-unsaturated/α-hetero) is 1. The number of hydrogen-bond donors (Lipinski definition) is 0. The third-order valence-corrected chi connectivity index (χ3v) is 5.13. The Bertz CT molecular complexity index is 1020. The van der Waals surface area contributed by atoms with Crippen molar-refractivity contribution in [3.8, 4) is 16.6 Å². The van der Waals surface area contributed by atoms with E-state index in [4.69, 9.17) is 14.2 Å². The van der Waals surface area contributed by atoms with Gasteiger partial charge in [-0.25, -0.2) is 9.78 Å². The Labute approximate surface area is 172 Å². The first-order chi connectivity index (χ1) is 14.0. The minimum Gasteiger partial charge on any atom is -0.493 e. The lowest BCUT2D eigenvalue weighted by Crippen LogP contribution is -2.15. The van der Waals surface area contributed by atoms with Crippen LogP contribution in [0.1, 0.15) is 39.0 Å².